The number of esters is 1. The number of aromatic nitrogens is 3. The Morgan fingerprint density at radius 2 is 1.81 bits per heavy atom. The standard InChI is InChI=1S/C30H37N5O5S2/c1-3-40-29(38)26-22-11-7-8-12-23(22)42-28(26)32-25(36)18-41-30-34-33-24(35(30)20-9-5-4-6-10-20)17-31-27(37)19-13-15-21(39-2)16-14-19/h13-16,20H,3-12,17-18H2,1-2H3,(H,31,37)(H,32,36). The van der Waals surface area contributed by atoms with Crippen LogP contribution in [0.25, 0.3) is 0 Å². The van der Waals surface area contributed by atoms with Crippen LogP contribution in [0.1, 0.15) is 94.9 Å². The lowest BCUT2D eigenvalue weighted by atomic mass is 9.95. The van der Waals surface area contributed by atoms with Gasteiger partial charge in [0.25, 0.3) is 5.91 Å². The molecular weight excluding hydrogens is 574 g/mol. The van der Waals surface area contributed by atoms with Crippen LogP contribution in [0, 0.1) is 0 Å². The highest BCUT2D eigenvalue weighted by Crippen LogP contribution is 2.39. The Labute approximate surface area is 254 Å². The van der Waals surface area contributed by atoms with Gasteiger partial charge in [0.05, 0.1) is 31.6 Å². The average Bonchev–Trinajstić information content (AvgIpc) is 3.60. The lowest BCUT2D eigenvalue weighted by Crippen LogP contribution is -2.26. The number of methoxy groups -OCH3 is 1. The quantitative estimate of drug-likeness (QED) is 0.213. The molecule has 2 heterocycles. The summed E-state index contributed by atoms with van der Waals surface area (Å²) in [4.78, 5) is 39.9. The van der Waals surface area contributed by atoms with Crippen LogP contribution in [0.2, 0.25) is 0 Å². The van der Waals surface area contributed by atoms with Gasteiger partial charge in [-0.15, -0.1) is 21.5 Å². The van der Waals surface area contributed by atoms with E-state index in [9.17, 15) is 14.4 Å². The molecule has 0 bridgehead atoms. The summed E-state index contributed by atoms with van der Waals surface area (Å²) >= 11 is 2.81. The molecule has 5 rings (SSSR count). The van der Waals surface area contributed by atoms with Crippen molar-refractivity contribution in [1.82, 2.24) is 20.1 Å². The maximum atomic E-state index is 13.1. The Hall–Kier alpha value is -3.38. The number of ether oxygens (including phenoxy) is 2. The van der Waals surface area contributed by atoms with Crippen molar-refractivity contribution in [2.45, 2.75) is 82.5 Å². The second kappa shape index (κ2) is 14.2. The fourth-order valence-corrected chi connectivity index (χ4v) is 7.72. The molecule has 0 saturated heterocycles. The molecule has 1 aromatic carbocycles. The van der Waals surface area contributed by atoms with Gasteiger partial charge in [-0.05, 0) is 75.3 Å². The number of carbonyl (C=O) groups is 3. The predicted octanol–water partition coefficient (Wildman–Crippen LogP) is 5.57. The summed E-state index contributed by atoms with van der Waals surface area (Å²) in [6.07, 6.45) is 9.28. The number of amides is 2. The summed E-state index contributed by atoms with van der Waals surface area (Å²) in [6.45, 7) is 2.30. The molecule has 42 heavy (non-hydrogen) atoms. The lowest BCUT2D eigenvalue weighted by molar-refractivity contribution is -0.113. The number of hydrogen-bond acceptors (Lipinski definition) is 9. The molecule has 0 radical (unpaired) electrons. The first-order valence-electron chi connectivity index (χ1n) is 14.6. The molecule has 2 N–H and O–H groups in total. The minimum Gasteiger partial charge on any atom is -0.497 e. The molecule has 1 saturated carbocycles. The fourth-order valence-electron chi connectivity index (χ4n) is 5.60. The Kier molecular flexibility index (Phi) is 10.2. The summed E-state index contributed by atoms with van der Waals surface area (Å²) < 4.78 is 12.6. The highest BCUT2D eigenvalue weighted by Gasteiger charge is 2.28. The van der Waals surface area contributed by atoms with Gasteiger partial charge in [0.1, 0.15) is 10.8 Å². The van der Waals surface area contributed by atoms with Crippen LogP contribution in [0.5, 0.6) is 5.75 Å². The molecule has 2 aliphatic carbocycles. The minimum atomic E-state index is -0.377. The first-order chi connectivity index (χ1) is 20.5. The molecule has 0 unspecified atom stereocenters. The smallest absolute Gasteiger partial charge is 0.341 e. The van der Waals surface area contributed by atoms with Crippen molar-refractivity contribution in [3.8, 4) is 5.75 Å². The topological polar surface area (TPSA) is 124 Å². The Morgan fingerprint density at radius 1 is 1.05 bits per heavy atom. The van der Waals surface area contributed by atoms with Gasteiger partial charge in [-0.25, -0.2) is 4.79 Å². The van der Waals surface area contributed by atoms with Crippen LogP contribution in [0.3, 0.4) is 0 Å². The molecule has 2 aliphatic rings. The number of thioether (sulfide) groups is 1. The molecule has 12 heteroatoms. The van der Waals surface area contributed by atoms with Crippen molar-refractivity contribution in [2.24, 2.45) is 0 Å². The Balaban J connectivity index is 1.28. The number of nitrogens with one attached hydrogen (secondary N) is 2. The van der Waals surface area contributed by atoms with Gasteiger partial charge < -0.3 is 24.7 Å². The molecule has 2 amide bonds. The van der Waals surface area contributed by atoms with Crippen LogP contribution < -0.4 is 15.4 Å². The monoisotopic (exact) mass is 611 g/mol. The number of hydrogen-bond donors (Lipinski definition) is 2. The highest BCUT2D eigenvalue weighted by molar-refractivity contribution is 7.99. The third-order valence-corrected chi connectivity index (χ3v) is 9.82. The van der Waals surface area contributed by atoms with E-state index in [1.165, 1.54) is 29.5 Å². The van der Waals surface area contributed by atoms with Crippen molar-refractivity contribution in [3.05, 3.63) is 51.7 Å². The Bertz CT molecular complexity index is 1410. The van der Waals surface area contributed by atoms with Crippen molar-refractivity contribution in [3.63, 3.8) is 0 Å². The van der Waals surface area contributed by atoms with Gasteiger partial charge in [-0.1, -0.05) is 31.0 Å². The number of rotatable bonds is 11. The summed E-state index contributed by atoms with van der Waals surface area (Å²) in [7, 11) is 1.59. The van der Waals surface area contributed by atoms with Gasteiger partial charge in [-0.3, -0.25) is 9.59 Å². The zero-order valence-corrected chi connectivity index (χ0v) is 25.7. The number of nitrogens with zero attached hydrogens (tertiary/aromatic N) is 3. The maximum absolute atomic E-state index is 13.1. The van der Waals surface area contributed by atoms with Crippen LogP contribution >= 0.6 is 23.1 Å². The van der Waals surface area contributed by atoms with Crippen molar-refractivity contribution in [1.29, 1.82) is 0 Å². The first-order valence-corrected chi connectivity index (χ1v) is 16.4. The van der Waals surface area contributed by atoms with Crippen molar-refractivity contribution >= 4 is 45.9 Å². The molecule has 1 fully saturated rings. The van der Waals surface area contributed by atoms with E-state index in [4.69, 9.17) is 9.47 Å². The van der Waals surface area contributed by atoms with E-state index in [1.54, 1.807) is 38.3 Å². The summed E-state index contributed by atoms with van der Waals surface area (Å²) in [5.74, 6) is 0.677. The number of aryl methyl sites for hydroxylation is 1. The van der Waals surface area contributed by atoms with Crippen molar-refractivity contribution < 1.29 is 23.9 Å². The molecule has 0 spiro atoms. The predicted molar refractivity (Wildman–Crippen MR) is 163 cm³/mol. The fraction of sp³-hybridized carbons (Fsp3) is 0.500. The van der Waals surface area contributed by atoms with E-state index in [-0.39, 0.29) is 42.7 Å². The second-order valence-corrected chi connectivity index (χ2v) is 12.5. The van der Waals surface area contributed by atoms with E-state index in [1.807, 2.05) is 0 Å². The molecule has 0 atom stereocenters. The number of thiophene rings is 1. The third kappa shape index (κ3) is 6.97. The summed E-state index contributed by atoms with van der Waals surface area (Å²) in [6, 6.07) is 7.15. The zero-order valence-electron chi connectivity index (χ0n) is 24.1. The normalized spacial score (nSPS) is 15.1. The van der Waals surface area contributed by atoms with Gasteiger partial charge in [0.15, 0.2) is 11.0 Å². The minimum absolute atomic E-state index is 0.119. The van der Waals surface area contributed by atoms with Crippen LogP contribution in [-0.2, 0) is 28.9 Å². The largest absolute Gasteiger partial charge is 0.497 e. The van der Waals surface area contributed by atoms with Gasteiger partial charge in [0.2, 0.25) is 5.91 Å². The number of fused-ring (bicyclic) bond motifs is 1. The molecule has 0 aliphatic heterocycles. The van der Waals surface area contributed by atoms with E-state index < -0.39 is 0 Å². The molecular formula is C30H37N5O5S2. The summed E-state index contributed by atoms with van der Waals surface area (Å²) in [5, 5.41) is 16.0. The Morgan fingerprint density at radius 3 is 2.55 bits per heavy atom. The van der Waals surface area contributed by atoms with Crippen LogP contribution in [0.4, 0.5) is 5.00 Å². The first kappa shape index (κ1) is 30.1. The van der Waals surface area contributed by atoms with Gasteiger partial charge in [-0.2, -0.15) is 0 Å². The highest BCUT2D eigenvalue weighted by atomic mass is 32.2. The summed E-state index contributed by atoms with van der Waals surface area (Å²) in [5.41, 5.74) is 2.06. The third-order valence-electron chi connectivity index (χ3n) is 7.67. The maximum Gasteiger partial charge on any atom is 0.341 e. The lowest BCUT2D eigenvalue weighted by Gasteiger charge is -2.25. The van der Waals surface area contributed by atoms with E-state index in [0.717, 1.165) is 61.8 Å². The molecule has 3 aromatic rings. The van der Waals surface area contributed by atoms with E-state index in [2.05, 4.69) is 25.4 Å². The van der Waals surface area contributed by atoms with Crippen LogP contribution in [-0.4, -0.2) is 52.0 Å². The molecule has 10 nitrogen and oxygen atoms in total. The number of carbonyl (C=O) groups excluding carboxylic acids is 3. The van der Waals surface area contributed by atoms with Crippen molar-refractivity contribution in [2.75, 3.05) is 24.8 Å². The molecule has 2 aromatic heterocycles. The van der Waals surface area contributed by atoms with E-state index in [0.29, 0.717) is 32.9 Å². The zero-order chi connectivity index (χ0) is 29.5. The average molecular weight is 612 g/mol. The van der Waals surface area contributed by atoms with Gasteiger partial charge in [0, 0.05) is 16.5 Å². The number of benzene rings is 1. The second-order valence-electron chi connectivity index (χ2n) is 10.4. The molecule has 224 valence electrons. The van der Waals surface area contributed by atoms with Gasteiger partial charge >= 0.3 is 5.97 Å². The van der Waals surface area contributed by atoms with Crippen LogP contribution in [0.15, 0.2) is 29.4 Å². The van der Waals surface area contributed by atoms with E-state index >= 15 is 0 Å². The number of anilines is 1. The SMILES string of the molecule is CCOC(=O)c1c(NC(=O)CSc2nnc(CNC(=O)c3ccc(OC)cc3)n2C2CCCCC2)sc2c1CCCC2.